The Labute approximate surface area is 361 Å². The molecule has 61 heavy (non-hydrogen) atoms. The number of carbonyl (C=O) groups excluding carboxylic acids is 4. The third-order valence-electron chi connectivity index (χ3n) is 12.2. The molecule has 3 saturated heterocycles. The van der Waals surface area contributed by atoms with Gasteiger partial charge in [0, 0.05) is 75.5 Å². The lowest BCUT2D eigenvalue weighted by atomic mass is 9.82. The van der Waals surface area contributed by atoms with E-state index in [1.54, 1.807) is 4.90 Å². The van der Waals surface area contributed by atoms with Gasteiger partial charge in [-0.2, -0.15) is 0 Å². The minimum Gasteiger partial charge on any atom is -0.445 e. The lowest BCUT2D eigenvalue weighted by Crippen LogP contribution is -2.63. The molecule has 0 unspecified atom stereocenters. The maximum atomic E-state index is 14.1. The maximum absolute atomic E-state index is 14.1. The van der Waals surface area contributed by atoms with Gasteiger partial charge in [-0.3, -0.25) is 39.6 Å². The van der Waals surface area contributed by atoms with Crippen LogP contribution in [0.3, 0.4) is 0 Å². The van der Waals surface area contributed by atoms with Crippen LogP contribution in [0.5, 0.6) is 0 Å². The van der Waals surface area contributed by atoms with Gasteiger partial charge in [0.05, 0.1) is 21.9 Å². The topological polar surface area (TPSA) is 213 Å². The summed E-state index contributed by atoms with van der Waals surface area (Å²) >= 11 is 5.94. The Morgan fingerprint density at radius 3 is 1.98 bits per heavy atom. The van der Waals surface area contributed by atoms with Crippen LogP contribution in [0.2, 0.25) is 18.1 Å². The highest BCUT2D eigenvalue weighted by atomic mass is 32.1. The summed E-state index contributed by atoms with van der Waals surface area (Å²) in [6.07, 6.45) is -0.403. The van der Waals surface area contributed by atoms with E-state index >= 15 is 0 Å². The van der Waals surface area contributed by atoms with Crippen LogP contribution in [-0.2, 0) is 41.4 Å². The predicted molar refractivity (Wildman–Crippen MR) is 229 cm³/mol. The number of piperazine rings is 1. The molecule has 0 radical (unpaired) electrons. The summed E-state index contributed by atoms with van der Waals surface area (Å²) in [7, 11) is -2.11. The number of nitro benzene ring substituents is 2. The van der Waals surface area contributed by atoms with Gasteiger partial charge in [0.2, 0.25) is 11.8 Å². The predicted octanol–water partition coefficient (Wildman–Crippen LogP) is 6.00. The number of nitrogens with zero attached hydrogens (tertiary/aromatic N) is 5. The van der Waals surface area contributed by atoms with E-state index in [0.29, 0.717) is 68.0 Å². The Hall–Kier alpha value is -5.05. The van der Waals surface area contributed by atoms with E-state index in [-0.39, 0.29) is 78.6 Å². The van der Waals surface area contributed by atoms with Gasteiger partial charge in [0.25, 0.3) is 11.4 Å². The van der Waals surface area contributed by atoms with Crippen molar-refractivity contribution >= 4 is 60.8 Å². The van der Waals surface area contributed by atoms with Crippen molar-refractivity contribution in [3.63, 3.8) is 0 Å². The SMILES string of the molecule is C[C@@H](O[Si](C)(C)C(C)(C)C)[C@H]1C(=O)N[C@H]1CCC(=S)[C@H]1C[C@@H](C(=O)N2CCN(CCOC(=O)OCc3ccc([N+](=O)[O-])cc3)CC2)N(C(=O)OCc2ccc([N+](=O)[O-])cc2)C1. The van der Waals surface area contributed by atoms with Crippen LogP contribution in [0.15, 0.2) is 48.5 Å². The molecule has 0 aromatic heterocycles. The normalized spacial score (nSPS) is 21.2. The lowest BCUT2D eigenvalue weighted by molar-refractivity contribution is -0.385. The van der Waals surface area contributed by atoms with E-state index in [9.17, 15) is 39.4 Å². The molecule has 3 amide bonds. The highest BCUT2D eigenvalue weighted by Gasteiger charge is 2.48. The summed E-state index contributed by atoms with van der Waals surface area (Å²) < 4.78 is 22.5. The lowest BCUT2D eigenvalue weighted by Gasteiger charge is -2.45. The smallest absolute Gasteiger partial charge is 0.445 e. The molecule has 5 rings (SSSR count). The van der Waals surface area contributed by atoms with Crippen molar-refractivity contribution in [3.8, 4) is 0 Å². The van der Waals surface area contributed by atoms with Gasteiger partial charge in [-0.15, -0.1) is 0 Å². The van der Waals surface area contributed by atoms with Crippen molar-refractivity contribution in [2.75, 3.05) is 45.9 Å². The Kier molecular flexibility index (Phi) is 15.6. The fourth-order valence-corrected chi connectivity index (χ4v) is 9.19. The van der Waals surface area contributed by atoms with Gasteiger partial charge >= 0.3 is 12.2 Å². The average Bonchev–Trinajstić information content (AvgIpc) is 3.66. The number of amides is 3. The van der Waals surface area contributed by atoms with Gasteiger partial charge in [-0.1, -0.05) is 33.0 Å². The molecular formula is C41H56N6O12SSi. The minimum atomic E-state index is -2.11. The van der Waals surface area contributed by atoms with Crippen molar-refractivity contribution in [1.29, 1.82) is 0 Å². The number of rotatable bonds is 17. The number of nitrogens with one attached hydrogen (secondary N) is 1. The Morgan fingerprint density at radius 1 is 0.902 bits per heavy atom. The molecule has 2 aromatic carbocycles. The van der Waals surface area contributed by atoms with Gasteiger partial charge in [-0.05, 0) is 84.6 Å². The van der Waals surface area contributed by atoms with Crippen LogP contribution in [0, 0.1) is 32.1 Å². The van der Waals surface area contributed by atoms with E-state index in [4.69, 9.17) is 30.9 Å². The maximum Gasteiger partial charge on any atom is 0.508 e. The number of non-ortho nitro benzene ring substituents is 2. The molecule has 3 heterocycles. The van der Waals surface area contributed by atoms with E-state index in [0.717, 1.165) is 0 Å². The largest absolute Gasteiger partial charge is 0.508 e. The molecule has 1 N–H and O–H groups in total. The summed E-state index contributed by atoms with van der Waals surface area (Å²) in [4.78, 5) is 79.5. The molecule has 332 valence electrons. The first-order valence-corrected chi connectivity index (χ1v) is 23.8. The first-order chi connectivity index (χ1) is 28.7. The molecule has 0 spiro atoms. The molecule has 2 aromatic rings. The number of carbonyl (C=O) groups is 4. The summed E-state index contributed by atoms with van der Waals surface area (Å²) in [6, 6.07) is 10.4. The second-order valence-corrected chi connectivity index (χ2v) is 22.6. The van der Waals surface area contributed by atoms with Crippen LogP contribution in [-0.4, -0.2) is 126 Å². The van der Waals surface area contributed by atoms with Gasteiger partial charge in [0.1, 0.15) is 25.9 Å². The molecule has 3 aliphatic rings. The molecule has 0 saturated carbocycles. The Bertz CT molecular complexity index is 1940. The number of β-lactam (4-membered cyclic amide) rings is 1. The third-order valence-corrected chi connectivity index (χ3v) is 17.3. The Morgan fingerprint density at radius 2 is 1.46 bits per heavy atom. The molecule has 5 atom stereocenters. The van der Waals surface area contributed by atoms with Crippen LogP contribution in [0.1, 0.15) is 58.1 Å². The zero-order chi connectivity index (χ0) is 44.6. The standard InChI is InChI=1S/C41H56N6O12SSi/c1-27(59-61(5,6)41(2,3)4)36-33(42-37(36)48)15-16-35(60)30-23-34(45(24-30)39(50)57-25-28-7-11-31(12-8-28)46(52)53)38(49)44-19-17-43(18-20-44)21-22-56-40(51)58-26-29-9-13-32(14-10-29)47(54)55/h7-14,27,30,33-34,36H,15-26H2,1-6H3,(H,42,48)/t27-,30+,33+,34+,36-/m1/s1. The number of hydrogen-bond donors (Lipinski definition) is 1. The number of ether oxygens (including phenoxy) is 3. The zero-order valence-electron chi connectivity index (χ0n) is 35.5. The first kappa shape index (κ1) is 47.0. The van der Waals surface area contributed by atoms with Crippen molar-refractivity contribution in [2.24, 2.45) is 11.8 Å². The number of hydrogen-bond acceptors (Lipinski definition) is 14. The highest BCUT2D eigenvalue weighted by molar-refractivity contribution is 7.80. The van der Waals surface area contributed by atoms with E-state index < -0.39 is 36.5 Å². The van der Waals surface area contributed by atoms with E-state index in [1.165, 1.54) is 53.4 Å². The van der Waals surface area contributed by atoms with E-state index in [2.05, 4.69) is 39.2 Å². The molecular weight excluding hydrogens is 829 g/mol. The van der Waals surface area contributed by atoms with Crippen molar-refractivity contribution < 1.29 is 47.7 Å². The molecule has 0 bridgehead atoms. The van der Waals surface area contributed by atoms with Crippen molar-refractivity contribution in [1.82, 2.24) is 20.0 Å². The Balaban J connectivity index is 1.14. The molecule has 20 heteroatoms. The number of thiocarbonyl (C=S) groups is 1. The monoisotopic (exact) mass is 884 g/mol. The second kappa shape index (κ2) is 20.2. The molecule has 0 aliphatic carbocycles. The minimum absolute atomic E-state index is 0.00756. The van der Waals surface area contributed by atoms with Gasteiger partial charge in [0.15, 0.2) is 8.32 Å². The molecule has 3 fully saturated rings. The van der Waals surface area contributed by atoms with Crippen LogP contribution in [0.25, 0.3) is 0 Å². The summed E-state index contributed by atoms with van der Waals surface area (Å²) in [5.41, 5.74) is 0.968. The fourth-order valence-electron chi connectivity index (χ4n) is 7.47. The van der Waals surface area contributed by atoms with Crippen molar-refractivity contribution in [3.05, 3.63) is 79.9 Å². The number of nitro groups is 2. The van der Waals surface area contributed by atoms with Gasteiger partial charge in [-0.25, -0.2) is 9.59 Å². The van der Waals surface area contributed by atoms with Crippen LogP contribution >= 0.6 is 12.2 Å². The van der Waals surface area contributed by atoms with Crippen LogP contribution in [0.4, 0.5) is 21.0 Å². The molecule has 3 aliphatic heterocycles. The quantitative estimate of drug-likeness (QED) is 0.0482. The van der Waals surface area contributed by atoms with Crippen molar-refractivity contribution in [2.45, 2.75) is 96.5 Å². The second-order valence-electron chi connectivity index (χ2n) is 17.3. The zero-order valence-corrected chi connectivity index (χ0v) is 37.4. The first-order valence-electron chi connectivity index (χ1n) is 20.5. The average molecular weight is 885 g/mol. The highest BCUT2D eigenvalue weighted by Crippen LogP contribution is 2.39. The third kappa shape index (κ3) is 12.3. The number of benzene rings is 2. The van der Waals surface area contributed by atoms with Gasteiger partial charge < -0.3 is 28.9 Å². The summed E-state index contributed by atoms with van der Waals surface area (Å²) in [5.74, 6) is -0.840. The summed E-state index contributed by atoms with van der Waals surface area (Å²) in [6.45, 7) is 14.9. The van der Waals surface area contributed by atoms with Crippen LogP contribution < -0.4 is 5.32 Å². The fraction of sp³-hybridized carbons (Fsp3) is 0.585. The summed E-state index contributed by atoms with van der Waals surface area (Å²) in [5, 5.41) is 25.0. The molecule has 18 nitrogen and oxygen atoms in total. The van der Waals surface area contributed by atoms with E-state index in [1.807, 2.05) is 11.8 Å². The number of likely N-dealkylation sites (tertiary alicyclic amines) is 1.